The highest BCUT2D eigenvalue weighted by Gasteiger charge is 2.23. The Labute approximate surface area is 141 Å². The molecule has 0 N–H and O–H groups in total. The average Bonchev–Trinajstić information content (AvgIpc) is 2.97. The van der Waals surface area contributed by atoms with Gasteiger partial charge in [0.1, 0.15) is 5.71 Å². The quantitative estimate of drug-likeness (QED) is 0.367. The first-order chi connectivity index (χ1) is 11.9. The molecule has 0 amide bonds. The molecule has 2 nitrogen and oxygen atoms in total. The summed E-state index contributed by atoms with van der Waals surface area (Å²) in [4.78, 5) is 0. The lowest BCUT2D eigenvalue weighted by Gasteiger charge is -1.97. The van der Waals surface area contributed by atoms with Crippen molar-refractivity contribution in [3.8, 4) is 11.1 Å². The van der Waals surface area contributed by atoms with Gasteiger partial charge in [-0.25, -0.2) is 0 Å². The molecule has 0 aliphatic heterocycles. The molecule has 0 saturated carbocycles. The molecule has 0 radical (unpaired) electrons. The van der Waals surface area contributed by atoms with Crippen molar-refractivity contribution in [2.45, 2.75) is 0 Å². The number of benzene rings is 3. The summed E-state index contributed by atoms with van der Waals surface area (Å²) in [6, 6.07) is 26.8. The Balaban J connectivity index is 1.63. The van der Waals surface area contributed by atoms with Crippen LogP contribution in [0.4, 0.5) is 0 Å². The molecule has 0 aromatic heterocycles. The lowest BCUT2D eigenvalue weighted by atomic mass is 10.1. The number of hydrogen-bond donors (Lipinski definition) is 0. The van der Waals surface area contributed by atoms with E-state index in [4.69, 9.17) is 0 Å². The van der Waals surface area contributed by atoms with Gasteiger partial charge < -0.3 is 0 Å². The largest absolute Gasteiger partial charge is 0.159 e. The third-order valence-corrected chi connectivity index (χ3v) is 4.05. The molecule has 0 spiro atoms. The lowest BCUT2D eigenvalue weighted by molar-refractivity contribution is 1.25. The normalized spacial score (nSPS) is 12.6. The van der Waals surface area contributed by atoms with Gasteiger partial charge in [0.05, 0.1) is 0 Å². The summed E-state index contributed by atoms with van der Waals surface area (Å²) in [6.45, 7) is 0. The molecular formula is C22H16N2. The van der Waals surface area contributed by atoms with Gasteiger partial charge in [0.15, 0.2) is 0 Å². The Bertz CT molecular complexity index is 903. The van der Waals surface area contributed by atoms with E-state index in [-0.39, 0.29) is 0 Å². The van der Waals surface area contributed by atoms with Gasteiger partial charge in [-0.2, -0.15) is 5.10 Å². The van der Waals surface area contributed by atoms with E-state index in [9.17, 15) is 0 Å². The van der Waals surface area contributed by atoms with Crippen LogP contribution in [0.3, 0.4) is 0 Å². The molecule has 1 aliphatic rings. The van der Waals surface area contributed by atoms with Crippen LogP contribution in [0.2, 0.25) is 0 Å². The fraction of sp³-hybridized carbons (Fsp3) is 0. The van der Waals surface area contributed by atoms with Gasteiger partial charge in [0.2, 0.25) is 0 Å². The summed E-state index contributed by atoms with van der Waals surface area (Å²) >= 11 is 0. The molecule has 24 heavy (non-hydrogen) atoms. The van der Waals surface area contributed by atoms with Crippen LogP contribution in [0.15, 0.2) is 95.1 Å². The summed E-state index contributed by atoms with van der Waals surface area (Å²) < 4.78 is 0. The first-order valence-corrected chi connectivity index (χ1v) is 7.95. The Morgan fingerprint density at radius 3 is 1.75 bits per heavy atom. The van der Waals surface area contributed by atoms with Crippen molar-refractivity contribution in [2.75, 3.05) is 0 Å². The van der Waals surface area contributed by atoms with E-state index in [2.05, 4.69) is 58.7 Å². The second kappa shape index (κ2) is 6.47. The van der Waals surface area contributed by atoms with E-state index in [0.717, 1.165) is 22.4 Å². The van der Waals surface area contributed by atoms with Crippen LogP contribution in [-0.4, -0.2) is 11.9 Å². The summed E-state index contributed by atoms with van der Waals surface area (Å²) in [5.74, 6) is 0. The maximum Gasteiger partial charge on any atom is 0.101 e. The Morgan fingerprint density at radius 2 is 1.12 bits per heavy atom. The van der Waals surface area contributed by atoms with E-state index in [1.807, 2.05) is 42.5 Å². The van der Waals surface area contributed by atoms with Crippen molar-refractivity contribution in [3.05, 3.63) is 102 Å². The molecule has 3 aromatic rings. The Hall–Kier alpha value is -3.26. The molecule has 0 fully saturated rings. The van der Waals surface area contributed by atoms with E-state index in [0.29, 0.717) is 0 Å². The van der Waals surface area contributed by atoms with Gasteiger partial charge in [-0.05, 0) is 22.8 Å². The fourth-order valence-corrected chi connectivity index (χ4v) is 2.95. The number of hydrogen-bond acceptors (Lipinski definition) is 2. The summed E-state index contributed by atoms with van der Waals surface area (Å²) in [6.07, 6.45) is 5.65. The molecule has 0 heterocycles. The SMILES string of the molecule is C(=C/c1ccccc1)/C=N/N=C1c2ccccc2-c2ccccc21. The van der Waals surface area contributed by atoms with Crippen LogP contribution in [0.25, 0.3) is 17.2 Å². The highest BCUT2D eigenvalue weighted by molar-refractivity contribution is 6.24. The van der Waals surface area contributed by atoms with E-state index in [1.165, 1.54) is 11.1 Å². The first-order valence-electron chi connectivity index (χ1n) is 7.95. The second-order valence-electron chi connectivity index (χ2n) is 5.57. The number of fused-ring (bicyclic) bond motifs is 3. The van der Waals surface area contributed by atoms with E-state index in [1.54, 1.807) is 6.21 Å². The minimum atomic E-state index is 0.936. The van der Waals surface area contributed by atoms with Crippen molar-refractivity contribution in [1.82, 2.24) is 0 Å². The monoisotopic (exact) mass is 308 g/mol. The molecular weight excluding hydrogens is 292 g/mol. The molecule has 0 unspecified atom stereocenters. The molecule has 0 saturated heterocycles. The van der Waals surface area contributed by atoms with Gasteiger partial charge in [-0.15, -0.1) is 5.10 Å². The lowest BCUT2D eigenvalue weighted by Crippen LogP contribution is -1.96. The zero-order valence-corrected chi connectivity index (χ0v) is 13.1. The molecule has 0 atom stereocenters. The van der Waals surface area contributed by atoms with Crippen LogP contribution >= 0.6 is 0 Å². The molecule has 4 rings (SSSR count). The van der Waals surface area contributed by atoms with E-state index < -0.39 is 0 Å². The van der Waals surface area contributed by atoms with E-state index >= 15 is 0 Å². The van der Waals surface area contributed by atoms with Crippen LogP contribution < -0.4 is 0 Å². The molecule has 0 bridgehead atoms. The number of allylic oxidation sites excluding steroid dienone is 1. The van der Waals surface area contributed by atoms with Crippen LogP contribution in [0.1, 0.15) is 16.7 Å². The zero-order chi connectivity index (χ0) is 16.2. The maximum absolute atomic E-state index is 4.47. The summed E-state index contributed by atoms with van der Waals surface area (Å²) in [7, 11) is 0. The standard InChI is InChI=1S/C22H16N2/c1-2-9-17(10-3-1)11-8-16-23-24-22-20-14-6-4-12-18(20)19-13-5-7-15-21(19)22/h1-16H/b11-8-,23-16+. The Morgan fingerprint density at radius 1 is 0.583 bits per heavy atom. The van der Waals surface area contributed by atoms with Gasteiger partial charge in [0, 0.05) is 17.3 Å². The maximum atomic E-state index is 4.47. The van der Waals surface area contributed by atoms with Crippen LogP contribution in [0.5, 0.6) is 0 Å². The number of nitrogens with zero attached hydrogens (tertiary/aromatic N) is 2. The minimum Gasteiger partial charge on any atom is -0.159 e. The van der Waals surface area contributed by atoms with Crippen LogP contribution in [0, 0.1) is 0 Å². The third kappa shape index (κ3) is 2.70. The van der Waals surface area contributed by atoms with Gasteiger partial charge in [-0.3, -0.25) is 0 Å². The van der Waals surface area contributed by atoms with Gasteiger partial charge >= 0.3 is 0 Å². The van der Waals surface area contributed by atoms with Crippen molar-refractivity contribution < 1.29 is 0 Å². The highest BCUT2D eigenvalue weighted by Crippen LogP contribution is 2.36. The second-order valence-corrected chi connectivity index (χ2v) is 5.57. The minimum absolute atomic E-state index is 0.936. The predicted octanol–water partition coefficient (Wildman–Crippen LogP) is 5.20. The third-order valence-electron chi connectivity index (χ3n) is 4.05. The zero-order valence-electron chi connectivity index (χ0n) is 13.1. The van der Waals surface area contributed by atoms with Crippen molar-refractivity contribution in [3.63, 3.8) is 0 Å². The number of rotatable bonds is 3. The van der Waals surface area contributed by atoms with Crippen molar-refractivity contribution >= 4 is 18.0 Å². The summed E-state index contributed by atoms with van der Waals surface area (Å²) in [5, 5.41) is 8.71. The molecule has 114 valence electrons. The molecule has 3 aromatic carbocycles. The van der Waals surface area contributed by atoms with Gasteiger partial charge in [-0.1, -0.05) is 84.9 Å². The van der Waals surface area contributed by atoms with Crippen molar-refractivity contribution in [1.29, 1.82) is 0 Å². The highest BCUT2D eigenvalue weighted by atomic mass is 15.2. The van der Waals surface area contributed by atoms with Crippen LogP contribution in [-0.2, 0) is 0 Å². The summed E-state index contributed by atoms with van der Waals surface area (Å²) in [5.41, 5.74) is 6.81. The Kier molecular flexibility index (Phi) is 3.86. The first kappa shape index (κ1) is 14.3. The van der Waals surface area contributed by atoms with Crippen molar-refractivity contribution in [2.24, 2.45) is 10.2 Å². The molecule has 1 aliphatic carbocycles. The van der Waals surface area contributed by atoms with Gasteiger partial charge in [0.25, 0.3) is 0 Å². The molecule has 2 heteroatoms. The topological polar surface area (TPSA) is 24.7 Å². The fourth-order valence-electron chi connectivity index (χ4n) is 2.95. The predicted molar refractivity (Wildman–Crippen MR) is 101 cm³/mol. The average molecular weight is 308 g/mol. The smallest absolute Gasteiger partial charge is 0.101 e.